The highest BCUT2D eigenvalue weighted by Gasteiger charge is 2.33. The monoisotopic (exact) mass is 270 g/mol. The van der Waals surface area contributed by atoms with E-state index in [1.54, 1.807) is 0 Å². The summed E-state index contributed by atoms with van der Waals surface area (Å²) in [5.74, 6) is 1.65. The molecule has 3 unspecified atom stereocenters. The Balaban J connectivity index is 2.27. The Hall–Kier alpha value is -0.610. The van der Waals surface area contributed by atoms with Gasteiger partial charge in [0.25, 0.3) is 0 Å². The lowest BCUT2D eigenvalue weighted by Gasteiger charge is -2.21. The van der Waals surface area contributed by atoms with Crippen LogP contribution in [0.4, 0.5) is 0 Å². The molecule has 0 bridgehead atoms. The second-order valence-electron chi connectivity index (χ2n) is 5.78. The van der Waals surface area contributed by atoms with Crippen LogP contribution in [0.15, 0.2) is 0 Å². The van der Waals surface area contributed by atoms with Crippen LogP contribution < -0.4 is 5.32 Å². The van der Waals surface area contributed by atoms with Crippen LogP contribution in [0.25, 0.3) is 0 Å². The quantitative estimate of drug-likeness (QED) is 0.616. The molecule has 0 amide bonds. The highest BCUT2D eigenvalue weighted by atomic mass is 16.5. The molecule has 1 fully saturated rings. The Morgan fingerprint density at radius 2 is 2.16 bits per heavy atom. The first-order chi connectivity index (χ1) is 9.08. The van der Waals surface area contributed by atoms with E-state index in [4.69, 9.17) is 4.74 Å². The summed E-state index contributed by atoms with van der Waals surface area (Å²) in [4.78, 5) is 14.2. The number of hydrogen-bond donors (Lipinski definition) is 1. The molecule has 0 aromatic carbocycles. The fourth-order valence-electron chi connectivity index (χ4n) is 2.36. The van der Waals surface area contributed by atoms with Crippen LogP contribution in [0.3, 0.4) is 0 Å². The third kappa shape index (κ3) is 6.39. The van der Waals surface area contributed by atoms with Crippen molar-refractivity contribution in [3.8, 4) is 0 Å². The summed E-state index contributed by atoms with van der Waals surface area (Å²) in [6, 6.07) is -0.154. The maximum Gasteiger partial charge on any atom is 0.323 e. The molecule has 0 spiro atoms. The number of ether oxygens (including phenoxy) is 1. The summed E-state index contributed by atoms with van der Waals surface area (Å²) in [6.07, 6.45) is 3.22. The molecule has 1 aliphatic carbocycles. The molecule has 0 heterocycles. The third-order valence-electron chi connectivity index (χ3n) is 3.83. The number of rotatable bonds is 10. The number of esters is 1. The van der Waals surface area contributed by atoms with Crippen LogP contribution in [-0.4, -0.2) is 50.2 Å². The zero-order valence-electron chi connectivity index (χ0n) is 12.9. The van der Waals surface area contributed by atoms with Gasteiger partial charge in [-0.05, 0) is 58.2 Å². The SMILES string of the molecule is CCCNC(CCN(C)CC1CC1C)C(=O)OCC. The van der Waals surface area contributed by atoms with Gasteiger partial charge in [0.05, 0.1) is 6.61 Å². The molecular weight excluding hydrogens is 240 g/mol. The summed E-state index contributed by atoms with van der Waals surface area (Å²) in [5.41, 5.74) is 0. The highest BCUT2D eigenvalue weighted by Crippen LogP contribution is 2.37. The van der Waals surface area contributed by atoms with Crippen molar-refractivity contribution in [2.45, 2.75) is 46.1 Å². The first-order valence-electron chi connectivity index (χ1n) is 7.67. The van der Waals surface area contributed by atoms with Crippen LogP contribution in [-0.2, 0) is 9.53 Å². The maximum atomic E-state index is 11.8. The van der Waals surface area contributed by atoms with E-state index < -0.39 is 0 Å². The fraction of sp³-hybridized carbons (Fsp3) is 0.933. The minimum Gasteiger partial charge on any atom is -0.465 e. The van der Waals surface area contributed by atoms with Gasteiger partial charge in [0, 0.05) is 6.54 Å². The summed E-state index contributed by atoms with van der Waals surface area (Å²) in [7, 11) is 2.15. The average Bonchev–Trinajstić information content (AvgIpc) is 3.05. The van der Waals surface area contributed by atoms with E-state index in [1.165, 1.54) is 6.42 Å². The lowest BCUT2D eigenvalue weighted by atomic mass is 10.2. The van der Waals surface area contributed by atoms with E-state index in [1.807, 2.05) is 6.92 Å². The van der Waals surface area contributed by atoms with Crippen molar-refractivity contribution in [3.63, 3.8) is 0 Å². The molecule has 3 atom stereocenters. The average molecular weight is 270 g/mol. The minimum absolute atomic E-state index is 0.107. The van der Waals surface area contributed by atoms with E-state index in [2.05, 4.69) is 31.1 Å². The number of carbonyl (C=O) groups excluding carboxylic acids is 1. The molecule has 1 aliphatic rings. The van der Waals surface area contributed by atoms with Gasteiger partial charge in [0.1, 0.15) is 6.04 Å². The van der Waals surface area contributed by atoms with Gasteiger partial charge >= 0.3 is 5.97 Å². The predicted octanol–water partition coefficient (Wildman–Crippen LogP) is 1.90. The summed E-state index contributed by atoms with van der Waals surface area (Å²) in [6.45, 7) is 9.70. The third-order valence-corrected chi connectivity index (χ3v) is 3.83. The van der Waals surface area contributed by atoms with Gasteiger partial charge in [-0.25, -0.2) is 0 Å². The second-order valence-corrected chi connectivity index (χ2v) is 5.78. The van der Waals surface area contributed by atoms with Gasteiger partial charge in [-0.3, -0.25) is 4.79 Å². The fourth-order valence-corrected chi connectivity index (χ4v) is 2.36. The van der Waals surface area contributed by atoms with Crippen LogP contribution in [0, 0.1) is 11.8 Å². The molecule has 19 heavy (non-hydrogen) atoms. The standard InChI is InChI=1S/C15H30N2O2/c1-5-8-16-14(15(18)19-6-2)7-9-17(4)11-13-10-12(13)3/h12-14,16H,5-11H2,1-4H3. The smallest absolute Gasteiger partial charge is 0.323 e. The van der Waals surface area contributed by atoms with E-state index in [0.29, 0.717) is 6.61 Å². The molecule has 112 valence electrons. The lowest BCUT2D eigenvalue weighted by molar-refractivity contribution is -0.145. The Morgan fingerprint density at radius 3 is 2.68 bits per heavy atom. The van der Waals surface area contributed by atoms with Crippen LogP contribution in [0.5, 0.6) is 0 Å². The normalized spacial score (nSPS) is 23.4. The zero-order chi connectivity index (χ0) is 14.3. The van der Waals surface area contributed by atoms with E-state index in [9.17, 15) is 4.79 Å². The van der Waals surface area contributed by atoms with Crippen LogP contribution in [0.2, 0.25) is 0 Å². The van der Waals surface area contributed by atoms with Gasteiger partial charge < -0.3 is 15.0 Å². The molecule has 1 N–H and O–H groups in total. The number of nitrogens with one attached hydrogen (secondary N) is 1. The molecule has 4 nitrogen and oxygen atoms in total. The van der Waals surface area contributed by atoms with Crippen molar-refractivity contribution in [2.24, 2.45) is 11.8 Å². The molecule has 0 saturated heterocycles. The Kier molecular flexibility index (Phi) is 7.39. The molecule has 0 radical (unpaired) electrons. The van der Waals surface area contributed by atoms with E-state index in [0.717, 1.165) is 44.3 Å². The lowest BCUT2D eigenvalue weighted by Crippen LogP contribution is -2.41. The Morgan fingerprint density at radius 1 is 1.47 bits per heavy atom. The van der Waals surface area contributed by atoms with Gasteiger partial charge in [-0.2, -0.15) is 0 Å². The van der Waals surface area contributed by atoms with E-state index >= 15 is 0 Å². The number of carbonyl (C=O) groups is 1. The molecule has 0 aromatic rings. The van der Waals surface area contributed by atoms with Crippen LogP contribution >= 0.6 is 0 Å². The van der Waals surface area contributed by atoms with Gasteiger partial charge in [0.2, 0.25) is 0 Å². The topological polar surface area (TPSA) is 41.6 Å². The molecular formula is C15H30N2O2. The number of hydrogen-bond acceptors (Lipinski definition) is 4. The van der Waals surface area contributed by atoms with Crippen molar-refractivity contribution in [1.29, 1.82) is 0 Å². The first kappa shape index (κ1) is 16.4. The van der Waals surface area contributed by atoms with Crippen molar-refractivity contribution < 1.29 is 9.53 Å². The van der Waals surface area contributed by atoms with Crippen molar-refractivity contribution in [2.75, 3.05) is 33.3 Å². The van der Waals surface area contributed by atoms with Crippen molar-refractivity contribution in [1.82, 2.24) is 10.2 Å². The molecule has 1 rings (SSSR count). The summed E-state index contributed by atoms with van der Waals surface area (Å²) >= 11 is 0. The van der Waals surface area contributed by atoms with E-state index in [-0.39, 0.29) is 12.0 Å². The minimum atomic E-state index is -0.154. The summed E-state index contributed by atoms with van der Waals surface area (Å²) in [5, 5.41) is 3.29. The second kappa shape index (κ2) is 8.54. The molecule has 4 heteroatoms. The van der Waals surface area contributed by atoms with Gasteiger partial charge in [-0.1, -0.05) is 13.8 Å². The number of nitrogens with zero attached hydrogens (tertiary/aromatic N) is 1. The summed E-state index contributed by atoms with van der Waals surface area (Å²) < 4.78 is 5.12. The Bertz CT molecular complexity index is 271. The zero-order valence-corrected chi connectivity index (χ0v) is 12.9. The van der Waals surface area contributed by atoms with Crippen molar-refractivity contribution >= 4 is 5.97 Å². The highest BCUT2D eigenvalue weighted by molar-refractivity contribution is 5.75. The first-order valence-corrected chi connectivity index (χ1v) is 7.67. The maximum absolute atomic E-state index is 11.8. The molecule has 0 aromatic heterocycles. The van der Waals surface area contributed by atoms with Crippen LogP contribution in [0.1, 0.15) is 40.0 Å². The predicted molar refractivity (Wildman–Crippen MR) is 78.1 cm³/mol. The largest absolute Gasteiger partial charge is 0.465 e. The Labute approximate surface area is 117 Å². The van der Waals surface area contributed by atoms with Gasteiger partial charge in [0.15, 0.2) is 0 Å². The van der Waals surface area contributed by atoms with Gasteiger partial charge in [-0.15, -0.1) is 0 Å². The van der Waals surface area contributed by atoms with Crippen molar-refractivity contribution in [3.05, 3.63) is 0 Å². The molecule has 0 aliphatic heterocycles. The molecule has 1 saturated carbocycles.